The average molecular weight is 749 g/mol. The number of nitrogens with zero attached hydrogens (tertiary/aromatic N) is 2. The van der Waals surface area contributed by atoms with Gasteiger partial charge in [0.2, 0.25) is 0 Å². The Hall–Kier alpha value is -6.84. The van der Waals surface area contributed by atoms with Crippen molar-refractivity contribution in [1.82, 2.24) is 4.57 Å². The largest absolute Gasteiger partial charge is 0.455 e. The third kappa shape index (κ3) is 5.34. The summed E-state index contributed by atoms with van der Waals surface area (Å²) in [5.41, 5.74) is 16.6. The SMILES string of the molecule is CC1(C)CC(C)(C)c2cc(-n3c4ccccc4c4cc(-c5ccccc5N(c5ccccc5)c5ccc(-c6cccc7c6oc6ccccc67)cc5)ccc43)ccc21. The van der Waals surface area contributed by atoms with Crippen molar-refractivity contribution in [3.8, 4) is 27.9 Å². The van der Waals surface area contributed by atoms with Crippen LogP contribution in [-0.2, 0) is 10.8 Å². The average Bonchev–Trinajstić information content (AvgIpc) is 3.85. The molecule has 3 heteroatoms. The minimum absolute atomic E-state index is 0.123. The van der Waals surface area contributed by atoms with Gasteiger partial charge in [-0.1, -0.05) is 143 Å². The third-order valence-corrected chi connectivity index (χ3v) is 12.6. The first-order chi connectivity index (χ1) is 28.2. The minimum atomic E-state index is 0.123. The van der Waals surface area contributed by atoms with Crippen LogP contribution in [0.1, 0.15) is 45.2 Å². The van der Waals surface area contributed by atoms with E-state index < -0.39 is 0 Å². The van der Waals surface area contributed by atoms with E-state index in [1.807, 2.05) is 12.1 Å². The molecule has 0 saturated carbocycles. The summed E-state index contributed by atoms with van der Waals surface area (Å²) in [5, 5.41) is 4.78. The van der Waals surface area contributed by atoms with E-state index in [9.17, 15) is 0 Å². The van der Waals surface area contributed by atoms with Crippen molar-refractivity contribution in [1.29, 1.82) is 0 Å². The lowest BCUT2D eigenvalue weighted by Gasteiger charge is -2.28. The van der Waals surface area contributed by atoms with E-state index in [0.717, 1.165) is 56.5 Å². The van der Waals surface area contributed by atoms with Crippen molar-refractivity contribution in [3.05, 3.63) is 193 Å². The molecule has 280 valence electrons. The van der Waals surface area contributed by atoms with Gasteiger partial charge in [-0.05, 0) is 106 Å². The number of hydrogen-bond acceptors (Lipinski definition) is 2. The van der Waals surface area contributed by atoms with E-state index in [0.29, 0.717) is 0 Å². The Bertz CT molecular complexity index is 3200. The van der Waals surface area contributed by atoms with E-state index in [2.05, 4.69) is 207 Å². The molecule has 10 aromatic rings. The Morgan fingerprint density at radius 1 is 0.466 bits per heavy atom. The number of furan rings is 1. The Morgan fingerprint density at radius 2 is 1.10 bits per heavy atom. The van der Waals surface area contributed by atoms with E-state index in [1.165, 1.54) is 49.7 Å². The van der Waals surface area contributed by atoms with Crippen molar-refractivity contribution in [3.63, 3.8) is 0 Å². The Morgan fingerprint density at radius 3 is 1.95 bits per heavy atom. The van der Waals surface area contributed by atoms with Gasteiger partial charge in [0.15, 0.2) is 0 Å². The first kappa shape index (κ1) is 34.4. The highest BCUT2D eigenvalue weighted by Crippen LogP contribution is 2.50. The van der Waals surface area contributed by atoms with Gasteiger partial charge in [-0.3, -0.25) is 0 Å². The molecule has 0 spiro atoms. The van der Waals surface area contributed by atoms with Crippen LogP contribution in [0.2, 0.25) is 0 Å². The molecule has 1 aliphatic carbocycles. The summed E-state index contributed by atoms with van der Waals surface area (Å²) < 4.78 is 8.89. The molecule has 3 nitrogen and oxygen atoms in total. The second-order valence-electron chi connectivity index (χ2n) is 17.3. The van der Waals surface area contributed by atoms with Gasteiger partial charge in [-0.15, -0.1) is 0 Å². The van der Waals surface area contributed by atoms with Crippen LogP contribution >= 0.6 is 0 Å². The van der Waals surface area contributed by atoms with E-state index in [1.54, 1.807) is 0 Å². The van der Waals surface area contributed by atoms with Crippen LogP contribution in [-0.4, -0.2) is 4.57 Å². The third-order valence-electron chi connectivity index (χ3n) is 12.6. The molecule has 2 aromatic heterocycles. The number of para-hydroxylation sites is 5. The van der Waals surface area contributed by atoms with Gasteiger partial charge < -0.3 is 13.9 Å². The molecule has 11 rings (SSSR count). The van der Waals surface area contributed by atoms with Crippen molar-refractivity contribution < 1.29 is 4.42 Å². The maximum Gasteiger partial charge on any atom is 0.143 e. The van der Waals surface area contributed by atoms with E-state index in [4.69, 9.17) is 4.42 Å². The normalized spacial score (nSPS) is 14.4. The number of benzene rings is 8. The molecular weight excluding hydrogens is 705 g/mol. The lowest BCUT2D eigenvalue weighted by Crippen LogP contribution is -2.18. The molecule has 0 amide bonds. The number of aromatic nitrogens is 1. The number of fused-ring (bicyclic) bond motifs is 7. The molecule has 0 saturated heterocycles. The van der Waals surface area contributed by atoms with Crippen LogP contribution in [0.25, 0.3) is 71.7 Å². The van der Waals surface area contributed by atoms with Gasteiger partial charge in [0, 0.05) is 49.7 Å². The zero-order valence-electron chi connectivity index (χ0n) is 33.3. The van der Waals surface area contributed by atoms with Gasteiger partial charge in [0.25, 0.3) is 0 Å². The second-order valence-corrected chi connectivity index (χ2v) is 17.3. The van der Waals surface area contributed by atoms with Gasteiger partial charge >= 0.3 is 0 Å². The Kier molecular flexibility index (Phi) is 7.62. The number of hydrogen-bond donors (Lipinski definition) is 0. The quantitative estimate of drug-likeness (QED) is 0.169. The molecule has 1 aliphatic rings. The summed E-state index contributed by atoms with van der Waals surface area (Å²) in [7, 11) is 0. The number of anilines is 3. The highest BCUT2D eigenvalue weighted by atomic mass is 16.3. The molecule has 0 unspecified atom stereocenters. The monoisotopic (exact) mass is 748 g/mol. The predicted octanol–water partition coefficient (Wildman–Crippen LogP) is 15.4. The first-order valence-corrected chi connectivity index (χ1v) is 20.4. The highest BCUT2D eigenvalue weighted by molar-refractivity contribution is 6.11. The summed E-state index contributed by atoms with van der Waals surface area (Å²) in [4.78, 5) is 2.38. The molecule has 0 atom stereocenters. The minimum Gasteiger partial charge on any atom is -0.455 e. The summed E-state index contributed by atoms with van der Waals surface area (Å²) in [6.45, 7) is 9.57. The summed E-state index contributed by atoms with van der Waals surface area (Å²) in [6.07, 6.45) is 1.15. The standard InChI is InChI=1S/C55H44N2O/c1-54(2)35-55(3,4)48-34-40(30-31-47(48)54)57-50-23-12-9-18-43(50)46-33-37(27-32-51(46)57)41-17-8-11-22-49(41)56(38-15-6-5-7-16-38)39-28-25-36(26-29-39)42-20-14-21-45-44-19-10-13-24-52(44)58-53(42)45/h5-34H,35H2,1-4H3. The molecule has 0 radical (unpaired) electrons. The molecule has 0 fully saturated rings. The maximum atomic E-state index is 6.42. The molecule has 0 aliphatic heterocycles. The fraction of sp³-hybridized carbons (Fsp3) is 0.127. The summed E-state index contributed by atoms with van der Waals surface area (Å²) in [5.74, 6) is 0. The van der Waals surface area contributed by atoms with Gasteiger partial charge in [-0.25, -0.2) is 0 Å². The van der Waals surface area contributed by atoms with Crippen LogP contribution in [0.3, 0.4) is 0 Å². The van der Waals surface area contributed by atoms with Crippen molar-refractivity contribution in [2.75, 3.05) is 4.90 Å². The first-order valence-electron chi connectivity index (χ1n) is 20.4. The smallest absolute Gasteiger partial charge is 0.143 e. The van der Waals surface area contributed by atoms with Crippen molar-refractivity contribution in [2.45, 2.75) is 44.9 Å². The van der Waals surface area contributed by atoms with Crippen LogP contribution in [0.15, 0.2) is 186 Å². The fourth-order valence-corrected chi connectivity index (χ4v) is 10.2. The van der Waals surface area contributed by atoms with Gasteiger partial charge in [-0.2, -0.15) is 0 Å². The van der Waals surface area contributed by atoms with Crippen LogP contribution in [0.5, 0.6) is 0 Å². The maximum absolute atomic E-state index is 6.42. The topological polar surface area (TPSA) is 21.3 Å². The molecule has 8 aromatic carbocycles. The lowest BCUT2D eigenvalue weighted by atomic mass is 9.82. The second kappa shape index (κ2) is 12.8. The van der Waals surface area contributed by atoms with Crippen LogP contribution < -0.4 is 4.90 Å². The molecular formula is C55H44N2O. The fourth-order valence-electron chi connectivity index (χ4n) is 10.2. The Balaban J connectivity index is 1.04. The zero-order chi connectivity index (χ0) is 39.2. The molecule has 0 bridgehead atoms. The van der Waals surface area contributed by atoms with E-state index >= 15 is 0 Å². The number of rotatable bonds is 6. The summed E-state index contributed by atoms with van der Waals surface area (Å²) >= 11 is 0. The van der Waals surface area contributed by atoms with Crippen LogP contribution in [0.4, 0.5) is 17.1 Å². The van der Waals surface area contributed by atoms with E-state index in [-0.39, 0.29) is 10.8 Å². The lowest BCUT2D eigenvalue weighted by molar-refractivity contribution is 0.403. The highest BCUT2D eigenvalue weighted by Gasteiger charge is 2.42. The van der Waals surface area contributed by atoms with Crippen molar-refractivity contribution in [2.24, 2.45) is 0 Å². The van der Waals surface area contributed by atoms with Crippen LogP contribution in [0, 0.1) is 0 Å². The predicted molar refractivity (Wildman–Crippen MR) is 244 cm³/mol. The molecule has 58 heavy (non-hydrogen) atoms. The van der Waals surface area contributed by atoms with Gasteiger partial charge in [0.05, 0.1) is 16.7 Å². The van der Waals surface area contributed by atoms with Crippen molar-refractivity contribution >= 4 is 60.8 Å². The zero-order valence-corrected chi connectivity index (χ0v) is 33.3. The molecule has 2 heterocycles. The summed E-state index contributed by atoms with van der Waals surface area (Å²) in [6, 6.07) is 66.2. The van der Waals surface area contributed by atoms with Gasteiger partial charge in [0.1, 0.15) is 11.2 Å². The molecule has 0 N–H and O–H groups in total. The Labute approximate surface area is 339 Å².